The summed E-state index contributed by atoms with van der Waals surface area (Å²) in [6.07, 6.45) is 1.66. The molecule has 0 spiro atoms. The molecule has 11 heavy (non-hydrogen) atoms. The quantitative estimate of drug-likeness (QED) is 0.643. The van der Waals surface area contributed by atoms with Gasteiger partial charge in [-0.3, -0.25) is 4.98 Å². The fourth-order valence-corrected chi connectivity index (χ4v) is 0.813. The van der Waals surface area contributed by atoms with Crippen molar-refractivity contribution in [3.8, 4) is 11.5 Å². The molecule has 0 aromatic carbocycles. The van der Waals surface area contributed by atoms with Crippen LogP contribution in [0, 0.1) is 6.92 Å². The fourth-order valence-electron chi connectivity index (χ4n) is 0.813. The lowest BCUT2D eigenvalue weighted by atomic mass is 10.3. The molecule has 60 valence electrons. The molecule has 0 aliphatic heterocycles. The Bertz CT molecular complexity index is 248. The highest BCUT2D eigenvalue weighted by Gasteiger charge is 1.99. The molecule has 1 rings (SSSR count). The van der Waals surface area contributed by atoms with Gasteiger partial charge in [0.15, 0.2) is 0 Å². The van der Waals surface area contributed by atoms with Crippen LogP contribution in [0.15, 0.2) is 12.3 Å². The minimum atomic E-state index is 0.715. The van der Waals surface area contributed by atoms with E-state index in [1.165, 1.54) is 0 Å². The summed E-state index contributed by atoms with van der Waals surface area (Å²) in [6.45, 7) is 1.89. The molecule has 0 unspecified atom stereocenters. The van der Waals surface area contributed by atoms with Gasteiger partial charge in [-0.05, 0) is 6.92 Å². The molecule has 0 atom stereocenters. The maximum Gasteiger partial charge on any atom is 0.143 e. The second kappa shape index (κ2) is 3.23. The molecule has 0 saturated carbocycles. The van der Waals surface area contributed by atoms with Crippen molar-refractivity contribution in [3.63, 3.8) is 0 Å². The van der Waals surface area contributed by atoms with E-state index in [1.807, 2.05) is 13.0 Å². The van der Waals surface area contributed by atoms with Crippen LogP contribution >= 0.6 is 0 Å². The molecule has 0 aliphatic rings. The number of aryl methyl sites for hydroxylation is 1. The molecule has 1 aromatic heterocycles. The number of hydrogen-bond donors (Lipinski definition) is 0. The smallest absolute Gasteiger partial charge is 0.143 e. The number of rotatable bonds is 2. The van der Waals surface area contributed by atoms with Gasteiger partial charge in [0.25, 0.3) is 0 Å². The summed E-state index contributed by atoms with van der Waals surface area (Å²) in [7, 11) is 3.22. The van der Waals surface area contributed by atoms with Crippen LogP contribution in [-0.4, -0.2) is 19.2 Å². The van der Waals surface area contributed by atoms with Gasteiger partial charge in [-0.1, -0.05) is 0 Å². The molecule has 0 radical (unpaired) electrons. The van der Waals surface area contributed by atoms with Gasteiger partial charge in [0.05, 0.1) is 26.1 Å². The molecule has 0 amide bonds. The van der Waals surface area contributed by atoms with Crippen LogP contribution < -0.4 is 9.47 Å². The predicted molar refractivity (Wildman–Crippen MR) is 42.1 cm³/mol. The van der Waals surface area contributed by atoms with Crippen LogP contribution in [0.1, 0.15) is 5.69 Å². The van der Waals surface area contributed by atoms with Gasteiger partial charge in [0, 0.05) is 6.07 Å². The van der Waals surface area contributed by atoms with E-state index in [4.69, 9.17) is 9.47 Å². The van der Waals surface area contributed by atoms with Crippen LogP contribution in [0.3, 0.4) is 0 Å². The maximum absolute atomic E-state index is 5.04. The normalized spacial score (nSPS) is 9.36. The minimum absolute atomic E-state index is 0.715. The molecule has 3 heteroatoms. The van der Waals surface area contributed by atoms with Gasteiger partial charge in [-0.25, -0.2) is 0 Å². The second-order valence-electron chi connectivity index (χ2n) is 2.16. The van der Waals surface area contributed by atoms with Crippen LogP contribution in [0.25, 0.3) is 0 Å². The summed E-state index contributed by atoms with van der Waals surface area (Å²) in [4.78, 5) is 4.07. The molecule has 0 bridgehead atoms. The summed E-state index contributed by atoms with van der Waals surface area (Å²) in [6, 6.07) is 1.81. The third-order valence-electron chi connectivity index (χ3n) is 1.47. The lowest BCUT2D eigenvalue weighted by molar-refractivity contribution is 0.388. The molecule has 0 aliphatic carbocycles. The number of ether oxygens (including phenoxy) is 2. The highest BCUT2D eigenvalue weighted by atomic mass is 16.5. The first-order valence-corrected chi connectivity index (χ1v) is 3.32. The van der Waals surface area contributed by atoms with Crippen molar-refractivity contribution in [2.45, 2.75) is 6.92 Å². The number of aromatic nitrogens is 1. The SMILES string of the molecule is COc1cnc(C)c(OC)c1. The first-order chi connectivity index (χ1) is 5.27. The Morgan fingerprint density at radius 1 is 1.27 bits per heavy atom. The van der Waals surface area contributed by atoms with Crippen LogP contribution in [0.2, 0.25) is 0 Å². The summed E-state index contributed by atoms with van der Waals surface area (Å²) in [5.74, 6) is 1.47. The molecule has 3 nitrogen and oxygen atoms in total. The summed E-state index contributed by atoms with van der Waals surface area (Å²) >= 11 is 0. The number of nitrogens with zero attached hydrogens (tertiary/aromatic N) is 1. The Morgan fingerprint density at radius 3 is 2.55 bits per heavy atom. The van der Waals surface area contributed by atoms with E-state index < -0.39 is 0 Å². The Kier molecular flexibility index (Phi) is 2.31. The monoisotopic (exact) mass is 153 g/mol. The zero-order chi connectivity index (χ0) is 8.27. The van der Waals surface area contributed by atoms with Crippen LogP contribution in [-0.2, 0) is 0 Å². The van der Waals surface area contributed by atoms with Gasteiger partial charge in [-0.2, -0.15) is 0 Å². The third kappa shape index (κ3) is 1.61. The van der Waals surface area contributed by atoms with Gasteiger partial charge in [-0.15, -0.1) is 0 Å². The zero-order valence-electron chi connectivity index (χ0n) is 6.92. The molecule has 0 N–H and O–H groups in total. The summed E-state index contributed by atoms with van der Waals surface area (Å²) < 4.78 is 10.0. The standard InChI is InChI=1S/C8H11NO2/c1-6-8(11-3)4-7(10-2)5-9-6/h4-5H,1-3H3. The van der Waals surface area contributed by atoms with Crippen molar-refractivity contribution in [1.29, 1.82) is 0 Å². The molecular weight excluding hydrogens is 142 g/mol. The Balaban J connectivity index is 3.02. The first-order valence-electron chi connectivity index (χ1n) is 3.32. The number of hydrogen-bond acceptors (Lipinski definition) is 3. The Hall–Kier alpha value is -1.25. The number of pyridine rings is 1. The molecule has 1 aromatic rings. The maximum atomic E-state index is 5.04. The van der Waals surface area contributed by atoms with E-state index in [0.717, 1.165) is 11.4 Å². The van der Waals surface area contributed by atoms with Crippen molar-refractivity contribution < 1.29 is 9.47 Å². The van der Waals surface area contributed by atoms with Crippen molar-refractivity contribution in [1.82, 2.24) is 4.98 Å². The van der Waals surface area contributed by atoms with E-state index in [2.05, 4.69) is 4.98 Å². The number of methoxy groups -OCH3 is 2. The van der Waals surface area contributed by atoms with Gasteiger partial charge >= 0.3 is 0 Å². The second-order valence-corrected chi connectivity index (χ2v) is 2.16. The lowest BCUT2D eigenvalue weighted by Gasteiger charge is -2.04. The highest BCUT2D eigenvalue weighted by molar-refractivity contribution is 5.33. The average molecular weight is 153 g/mol. The van der Waals surface area contributed by atoms with E-state index in [9.17, 15) is 0 Å². The largest absolute Gasteiger partial charge is 0.495 e. The van der Waals surface area contributed by atoms with Crippen molar-refractivity contribution >= 4 is 0 Å². The fraction of sp³-hybridized carbons (Fsp3) is 0.375. The zero-order valence-corrected chi connectivity index (χ0v) is 6.92. The molecule has 0 saturated heterocycles. The van der Waals surface area contributed by atoms with Gasteiger partial charge in [0.2, 0.25) is 0 Å². The summed E-state index contributed by atoms with van der Waals surface area (Å²) in [5, 5.41) is 0. The van der Waals surface area contributed by atoms with Gasteiger partial charge in [0.1, 0.15) is 11.5 Å². The van der Waals surface area contributed by atoms with Gasteiger partial charge < -0.3 is 9.47 Å². The molecular formula is C8H11NO2. The van der Waals surface area contributed by atoms with Crippen molar-refractivity contribution in [3.05, 3.63) is 18.0 Å². The highest BCUT2D eigenvalue weighted by Crippen LogP contribution is 2.20. The molecule has 0 fully saturated rings. The van der Waals surface area contributed by atoms with E-state index in [0.29, 0.717) is 5.75 Å². The van der Waals surface area contributed by atoms with Crippen LogP contribution in [0.5, 0.6) is 11.5 Å². The third-order valence-corrected chi connectivity index (χ3v) is 1.47. The average Bonchev–Trinajstić information content (AvgIpc) is 2.05. The topological polar surface area (TPSA) is 31.4 Å². The van der Waals surface area contributed by atoms with E-state index >= 15 is 0 Å². The summed E-state index contributed by atoms with van der Waals surface area (Å²) in [5.41, 5.74) is 0.869. The van der Waals surface area contributed by atoms with E-state index in [1.54, 1.807) is 20.4 Å². The van der Waals surface area contributed by atoms with Crippen LogP contribution in [0.4, 0.5) is 0 Å². The molecule has 1 heterocycles. The van der Waals surface area contributed by atoms with E-state index in [-0.39, 0.29) is 0 Å². The lowest BCUT2D eigenvalue weighted by Crippen LogP contribution is -1.91. The predicted octanol–water partition coefficient (Wildman–Crippen LogP) is 1.41. The van der Waals surface area contributed by atoms with Crippen molar-refractivity contribution in [2.75, 3.05) is 14.2 Å². The minimum Gasteiger partial charge on any atom is -0.495 e. The first kappa shape index (κ1) is 7.85. The Labute approximate surface area is 66.0 Å². The Morgan fingerprint density at radius 2 is 2.00 bits per heavy atom. The van der Waals surface area contributed by atoms with Crippen molar-refractivity contribution in [2.24, 2.45) is 0 Å².